The minimum atomic E-state index is -2.91. The Balaban J connectivity index is 1.08. The number of benzene rings is 1. The minimum absolute atomic E-state index is 0.0217. The molecule has 3 aliphatic rings. The van der Waals surface area contributed by atoms with Gasteiger partial charge in [0.25, 0.3) is 0 Å². The molecule has 10 heteroatoms. The van der Waals surface area contributed by atoms with Crippen molar-refractivity contribution in [2.45, 2.75) is 58.0 Å². The van der Waals surface area contributed by atoms with E-state index in [9.17, 15) is 13.6 Å². The van der Waals surface area contributed by atoms with Crippen molar-refractivity contribution >= 4 is 12.0 Å². The van der Waals surface area contributed by atoms with Gasteiger partial charge in [0.05, 0.1) is 12.4 Å². The molecular weight excluding hydrogens is 454 g/mol. The predicted octanol–water partition coefficient (Wildman–Crippen LogP) is 3.35. The lowest BCUT2D eigenvalue weighted by Gasteiger charge is -2.59. The maximum atomic E-state index is 13.1. The summed E-state index contributed by atoms with van der Waals surface area (Å²) in [5.41, 5.74) is 1.71. The zero-order chi connectivity index (χ0) is 24.6. The van der Waals surface area contributed by atoms with Crippen molar-refractivity contribution < 1.29 is 18.3 Å². The smallest absolute Gasteiger partial charge is 0.387 e. The Labute approximate surface area is 204 Å². The SMILES string of the molecule is C[C@@H]1CN(c2ncc(OC(F)F)cn2)C[C@@H](C)N1C(=O)NC1CC2(C1)CN(Cc1ccccc1)C2. The van der Waals surface area contributed by atoms with Gasteiger partial charge in [0.2, 0.25) is 5.95 Å². The van der Waals surface area contributed by atoms with E-state index in [-0.39, 0.29) is 29.9 Å². The fraction of sp³-hybridized carbons (Fsp3) is 0.560. The molecule has 3 fully saturated rings. The number of anilines is 1. The van der Waals surface area contributed by atoms with E-state index in [4.69, 9.17) is 0 Å². The second-order valence-electron chi connectivity index (χ2n) is 10.3. The first-order valence-electron chi connectivity index (χ1n) is 12.2. The van der Waals surface area contributed by atoms with Gasteiger partial charge in [-0.3, -0.25) is 4.90 Å². The highest BCUT2D eigenvalue weighted by Crippen LogP contribution is 2.48. The molecule has 0 radical (unpaired) electrons. The molecule has 1 N–H and O–H groups in total. The Bertz CT molecular complexity index is 998. The third kappa shape index (κ3) is 5.17. The minimum Gasteiger partial charge on any atom is -0.432 e. The molecular formula is C25H32F2N6O2. The summed E-state index contributed by atoms with van der Waals surface area (Å²) in [5.74, 6) is 0.368. The van der Waals surface area contributed by atoms with E-state index >= 15 is 0 Å². The van der Waals surface area contributed by atoms with E-state index < -0.39 is 6.61 Å². The summed E-state index contributed by atoms with van der Waals surface area (Å²) in [5, 5.41) is 3.25. The van der Waals surface area contributed by atoms with Gasteiger partial charge in [0.1, 0.15) is 0 Å². The van der Waals surface area contributed by atoms with Gasteiger partial charge in [-0.05, 0) is 37.7 Å². The quantitative estimate of drug-likeness (QED) is 0.675. The summed E-state index contributed by atoms with van der Waals surface area (Å²) >= 11 is 0. The Kier molecular flexibility index (Phi) is 6.48. The summed E-state index contributed by atoms with van der Waals surface area (Å²) in [7, 11) is 0. The van der Waals surface area contributed by atoms with Crippen LogP contribution >= 0.6 is 0 Å². The number of likely N-dealkylation sites (tertiary alicyclic amines) is 1. The van der Waals surface area contributed by atoms with Gasteiger partial charge in [0.15, 0.2) is 5.75 Å². The van der Waals surface area contributed by atoms with Crippen LogP contribution in [0.1, 0.15) is 32.3 Å². The Morgan fingerprint density at radius 2 is 1.74 bits per heavy atom. The number of nitrogens with zero attached hydrogens (tertiary/aromatic N) is 5. The van der Waals surface area contributed by atoms with E-state index in [2.05, 4.69) is 49.2 Å². The van der Waals surface area contributed by atoms with Gasteiger partial charge < -0.3 is 19.9 Å². The highest BCUT2D eigenvalue weighted by molar-refractivity contribution is 5.76. The number of aromatic nitrogens is 2. The van der Waals surface area contributed by atoms with Crippen LogP contribution in [0.5, 0.6) is 5.75 Å². The number of nitrogens with one attached hydrogen (secondary N) is 1. The molecule has 2 atom stereocenters. The number of ether oxygens (including phenoxy) is 1. The van der Waals surface area contributed by atoms with E-state index in [0.29, 0.717) is 24.5 Å². The van der Waals surface area contributed by atoms with Crippen LogP contribution in [0.25, 0.3) is 0 Å². The number of carbonyl (C=O) groups is 1. The lowest BCUT2D eigenvalue weighted by Crippen LogP contribution is -2.68. The van der Waals surface area contributed by atoms with Crippen LogP contribution in [0.4, 0.5) is 19.5 Å². The topological polar surface area (TPSA) is 73.8 Å². The predicted molar refractivity (Wildman–Crippen MR) is 127 cm³/mol. The summed E-state index contributed by atoms with van der Waals surface area (Å²) in [6.07, 6.45) is 4.56. The number of amides is 2. The molecule has 35 heavy (non-hydrogen) atoms. The first-order chi connectivity index (χ1) is 16.8. The van der Waals surface area contributed by atoms with E-state index in [0.717, 1.165) is 32.5 Å². The summed E-state index contributed by atoms with van der Waals surface area (Å²) in [4.78, 5) is 27.8. The molecule has 1 aromatic carbocycles. The van der Waals surface area contributed by atoms with Gasteiger partial charge in [-0.15, -0.1) is 0 Å². The molecule has 2 saturated heterocycles. The maximum Gasteiger partial charge on any atom is 0.387 e. The molecule has 1 aliphatic carbocycles. The lowest BCUT2D eigenvalue weighted by atomic mass is 9.60. The summed E-state index contributed by atoms with van der Waals surface area (Å²) < 4.78 is 29.0. The van der Waals surface area contributed by atoms with Crippen molar-refractivity contribution in [3.63, 3.8) is 0 Å². The number of rotatable bonds is 6. The number of halogens is 2. The third-order valence-electron chi connectivity index (χ3n) is 7.33. The lowest BCUT2D eigenvalue weighted by molar-refractivity contribution is -0.0812. The van der Waals surface area contributed by atoms with Gasteiger partial charge in [-0.1, -0.05) is 30.3 Å². The molecule has 0 unspecified atom stereocenters. The van der Waals surface area contributed by atoms with Crippen LogP contribution in [-0.2, 0) is 6.54 Å². The van der Waals surface area contributed by atoms with Crippen LogP contribution in [0.15, 0.2) is 42.7 Å². The van der Waals surface area contributed by atoms with Gasteiger partial charge in [0, 0.05) is 50.8 Å². The Hall–Kier alpha value is -3.01. The molecule has 3 heterocycles. The molecule has 1 aromatic heterocycles. The number of hydrogen-bond donors (Lipinski definition) is 1. The normalized spacial score (nSPS) is 24.3. The molecule has 1 saturated carbocycles. The fourth-order valence-corrected chi connectivity index (χ4v) is 5.97. The first-order valence-corrected chi connectivity index (χ1v) is 12.2. The van der Waals surface area contributed by atoms with Crippen LogP contribution in [0.2, 0.25) is 0 Å². The number of urea groups is 1. The molecule has 1 spiro atoms. The average molecular weight is 487 g/mol. The van der Waals surface area contributed by atoms with Crippen LogP contribution < -0.4 is 15.0 Å². The zero-order valence-electron chi connectivity index (χ0n) is 20.1. The van der Waals surface area contributed by atoms with Gasteiger partial charge >= 0.3 is 12.6 Å². The number of hydrogen-bond acceptors (Lipinski definition) is 6. The van der Waals surface area contributed by atoms with Crippen LogP contribution in [0, 0.1) is 5.41 Å². The summed E-state index contributed by atoms with van der Waals surface area (Å²) in [6, 6.07) is 10.7. The van der Waals surface area contributed by atoms with Crippen molar-refractivity contribution in [1.82, 2.24) is 25.1 Å². The van der Waals surface area contributed by atoms with Crippen molar-refractivity contribution in [2.24, 2.45) is 5.41 Å². The fourth-order valence-electron chi connectivity index (χ4n) is 5.97. The van der Waals surface area contributed by atoms with Crippen LogP contribution in [-0.4, -0.2) is 76.7 Å². The van der Waals surface area contributed by atoms with Crippen molar-refractivity contribution in [1.29, 1.82) is 0 Å². The molecule has 188 valence electrons. The molecule has 2 aromatic rings. The Morgan fingerprint density at radius 3 is 2.34 bits per heavy atom. The van der Waals surface area contributed by atoms with Crippen molar-refractivity contribution in [3.05, 3.63) is 48.3 Å². The number of alkyl halides is 2. The van der Waals surface area contributed by atoms with Crippen molar-refractivity contribution in [2.75, 3.05) is 31.1 Å². The Morgan fingerprint density at radius 1 is 1.11 bits per heavy atom. The van der Waals surface area contributed by atoms with E-state index in [1.54, 1.807) is 0 Å². The molecule has 2 amide bonds. The molecule has 5 rings (SSSR count). The van der Waals surface area contributed by atoms with Gasteiger partial charge in [-0.25, -0.2) is 14.8 Å². The standard InChI is InChI=1S/C25H32F2N6O2/c1-17-12-32(23-28-10-21(11-29-23)35-22(26)27)13-18(2)33(17)24(34)30-20-8-25(9-20)15-31(16-25)14-19-6-4-3-5-7-19/h3-7,10-11,17-18,20,22H,8-9,12-16H2,1-2H3,(H,30,34)/t17-,18-/m1/s1. The maximum absolute atomic E-state index is 13.1. The van der Waals surface area contributed by atoms with Crippen LogP contribution in [0.3, 0.4) is 0 Å². The average Bonchev–Trinajstić information content (AvgIpc) is 2.76. The molecule has 0 bridgehead atoms. The second kappa shape index (κ2) is 9.56. The number of carbonyl (C=O) groups excluding carboxylic acids is 1. The highest BCUT2D eigenvalue weighted by atomic mass is 19.3. The first kappa shape index (κ1) is 23.7. The molecule has 8 nitrogen and oxygen atoms in total. The third-order valence-corrected chi connectivity index (χ3v) is 7.33. The van der Waals surface area contributed by atoms with E-state index in [1.807, 2.05) is 29.7 Å². The highest BCUT2D eigenvalue weighted by Gasteiger charge is 2.52. The summed E-state index contributed by atoms with van der Waals surface area (Å²) in [6.45, 7) is 5.42. The zero-order valence-corrected chi connectivity index (χ0v) is 20.1. The molecule has 2 aliphatic heterocycles. The van der Waals surface area contributed by atoms with E-state index in [1.165, 1.54) is 18.0 Å². The second-order valence-corrected chi connectivity index (χ2v) is 10.3. The monoisotopic (exact) mass is 486 g/mol. The van der Waals surface area contributed by atoms with Crippen molar-refractivity contribution in [3.8, 4) is 5.75 Å². The van der Waals surface area contributed by atoms with Gasteiger partial charge in [-0.2, -0.15) is 8.78 Å². The number of piperazine rings is 1. The largest absolute Gasteiger partial charge is 0.432 e.